The van der Waals surface area contributed by atoms with Gasteiger partial charge in [-0.15, -0.1) is 5.10 Å². The van der Waals surface area contributed by atoms with Crippen molar-refractivity contribution in [3.63, 3.8) is 0 Å². The Morgan fingerprint density at radius 1 is 1.30 bits per heavy atom. The monoisotopic (exact) mass is 408 g/mol. The molecule has 11 heteroatoms. The SMILES string of the molecule is C=C(CCc1nnc(NC2CN(c3cc(F)cc(F)c3Cl)C2)o1)C(F)(F)F. The van der Waals surface area contributed by atoms with Gasteiger partial charge in [0.1, 0.15) is 11.6 Å². The van der Waals surface area contributed by atoms with Crippen molar-refractivity contribution in [1.29, 1.82) is 0 Å². The van der Waals surface area contributed by atoms with Crippen LogP contribution in [0.15, 0.2) is 28.7 Å². The zero-order valence-corrected chi connectivity index (χ0v) is 14.5. The Morgan fingerprint density at radius 3 is 2.67 bits per heavy atom. The van der Waals surface area contributed by atoms with Crippen molar-refractivity contribution < 1.29 is 26.4 Å². The third kappa shape index (κ3) is 4.49. The van der Waals surface area contributed by atoms with Crippen molar-refractivity contribution in [3.8, 4) is 0 Å². The fraction of sp³-hybridized carbons (Fsp3) is 0.375. The first-order valence-corrected chi connectivity index (χ1v) is 8.24. The summed E-state index contributed by atoms with van der Waals surface area (Å²) in [6, 6.07) is 1.75. The summed E-state index contributed by atoms with van der Waals surface area (Å²) >= 11 is 5.84. The van der Waals surface area contributed by atoms with Crippen LogP contribution in [-0.4, -0.2) is 35.5 Å². The maximum absolute atomic E-state index is 13.5. The number of benzene rings is 1. The van der Waals surface area contributed by atoms with Gasteiger partial charge in [0.05, 0.1) is 16.8 Å². The van der Waals surface area contributed by atoms with Crippen molar-refractivity contribution >= 4 is 23.3 Å². The highest BCUT2D eigenvalue weighted by Gasteiger charge is 2.32. The molecule has 1 aromatic heterocycles. The van der Waals surface area contributed by atoms with Crippen molar-refractivity contribution in [2.45, 2.75) is 25.1 Å². The number of rotatable bonds is 6. The van der Waals surface area contributed by atoms with Crippen LogP contribution in [0.3, 0.4) is 0 Å². The van der Waals surface area contributed by atoms with Crippen LogP contribution in [0.1, 0.15) is 12.3 Å². The first kappa shape index (κ1) is 19.4. The van der Waals surface area contributed by atoms with Gasteiger partial charge in [-0.2, -0.15) is 13.2 Å². The summed E-state index contributed by atoms with van der Waals surface area (Å²) < 4.78 is 69.3. The molecule has 0 saturated carbocycles. The maximum atomic E-state index is 13.5. The number of aryl methyl sites for hydroxylation is 1. The largest absolute Gasteiger partial charge is 0.412 e. The molecule has 0 atom stereocenters. The van der Waals surface area contributed by atoms with E-state index in [0.717, 1.165) is 6.07 Å². The van der Waals surface area contributed by atoms with Gasteiger partial charge in [-0.05, 0) is 12.5 Å². The molecule has 1 N–H and O–H groups in total. The molecule has 2 aromatic rings. The van der Waals surface area contributed by atoms with Gasteiger partial charge in [-0.25, -0.2) is 8.78 Å². The average molecular weight is 409 g/mol. The summed E-state index contributed by atoms with van der Waals surface area (Å²) in [4.78, 5) is 1.66. The van der Waals surface area contributed by atoms with Crippen LogP contribution in [0.5, 0.6) is 0 Å². The standard InChI is InChI=1S/C16H14ClF5N4O/c1-8(16(20,21)22)2-3-13-24-25-15(27-13)23-10-6-26(7-10)12-5-9(18)4-11(19)14(12)17/h4-5,10H,1-3,6-7H2,(H,23,25). The van der Waals surface area contributed by atoms with E-state index in [1.54, 1.807) is 4.90 Å². The van der Waals surface area contributed by atoms with Crippen molar-refractivity contribution in [2.75, 3.05) is 23.3 Å². The fourth-order valence-corrected chi connectivity index (χ4v) is 2.75. The van der Waals surface area contributed by atoms with Gasteiger partial charge in [0, 0.05) is 31.1 Å². The molecule has 5 nitrogen and oxygen atoms in total. The second-order valence-electron chi connectivity index (χ2n) is 6.07. The molecule has 2 heterocycles. The number of allylic oxidation sites excluding steroid dienone is 1. The van der Waals surface area contributed by atoms with Gasteiger partial charge in [-0.3, -0.25) is 0 Å². The summed E-state index contributed by atoms with van der Waals surface area (Å²) in [7, 11) is 0. The van der Waals surface area contributed by atoms with Gasteiger partial charge in [-0.1, -0.05) is 23.3 Å². The predicted octanol–water partition coefficient (Wildman–Crippen LogP) is 4.35. The van der Waals surface area contributed by atoms with E-state index in [-0.39, 0.29) is 41.5 Å². The Hall–Kier alpha value is -2.36. The lowest BCUT2D eigenvalue weighted by Crippen LogP contribution is -2.55. The molecule has 0 aliphatic carbocycles. The average Bonchev–Trinajstić information content (AvgIpc) is 2.98. The zero-order valence-electron chi connectivity index (χ0n) is 13.8. The van der Waals surface area contributed by atoms with E-state index in [1.807, 2.05) is 0 Å². The zero-order chi connectivity index (χ0) is 19.8. The third-order valence-electron chi connectivity index (χ3n) is 4.03. The molecule has 1 saturated heterocycles. The lowest BCUT2D eigenvalue weighted by molar-refractivity contribution is -0.0936. The summed E-state index contributed by atoms with van der Waals surface area (Å²) in [5, 5.41) is 10.1. The van der Waals surface area contributed by atoms with Crippen molar-refractivity contribution in [2.24, 2.45) is 0 Å². The van der Waals surface area contributed by atoms with E-state index in [4.69, 9.17) is 16.0 Å². The Kier molecular flexibility index (Phi) is 5.27. The lowest BCUT2D eigenvalue weighted by Gasteiger charge is -2.41. The molecule has 0 radical (unpaired) electrons. The van der Waals surface area contributed by atoms with Crippen LogP contribution in [0, 0.1) is 11.6 Å². The fourth-order valence-electron chi connectivity index (χ4n) is 2.53. The molecule has 3 rings (SSSR count). The summed E-state index contributed by atoms with van der Waals surface area (Å²) in [6.07, 6.45) is -4.87. The first-order chi connectivity index (χ1) is 12.6. The highest BCUT2D eigenvalue weighted by Crippen LogP contribution is 2.33. The molecule has 0 bridgehead atoms. The topological polar surface area (TPSA) is 54.2 Å². The number of nitrogens with zero attached hydrogens (tertiary/aromatic N) is 3. The molecular weight excluding hydrogens is 395 g/mol. The van der Waals surface area contributed by atoms with E-state index in [9.17, 15) is 22.0 Å². The van der Waals surface area contributed by atoms with Crippen LogP contribution >= 0.6 is 11.6 Å². The molecule has 0 unspecified atom stereocenters. The van der Waals surface area contributed by atoms with E-state index < -0.39 is 23.4 Å². The molecular formula is C16H14ClF5N4O. The summed E-state index contributed by atoms with van der Waals surface area (Å²) in [6.45, 7) is 3.74. The molecule has 0 amide bonds. The summed E-state index contributed by atoms with van der Waals surface area (Å²) in [5.74, 6) is -1.52. The minimum absolute atomic E-state index is 0.0503. The Labute approximate surface area is 155 Å². The molecule has 146 valence electrons. The van der Waals surface area contributed by atoms with Crippen molar-refractivity contribution in [3.05, 3.63) is 46.8 Å². The quantitative estimate of drug-likeness (QED) is 0.437. The minimum atomic E-state index is -4.45. The van der Waals surface area contributed by atoms with E-state index in [1.165, 1.54) is 0 Å². The predicted molar refractivity (Wildman–Crippen MR) is 88.8 cm³/mol. The third-order valence-corrected chi connectivity index (χ3v) is 4.41. The highest BCUT2D eigenvalue weighted by atomic mass is 35.5. The number of nitrogens with one attached hydrogen (secondary N) is 1. The smallest absolute Gasteiger partial charge is 0.408 e. The van der Waals surface area contributed by atoms with Crippen LogP contribution < -0.4 is 10.2 Å². The minimum Gasteiger partial charge on any atom is -0.408 e. The molecule has 1 aliphatic heterocycles. The summed E-state index contributed by atoms with van der Waals surface area (Å²) in [5.41, 5.74) is -0.631. The number of hydrogen-bond donors (Lipinski definition) is 1. The second-order valence-corrected chi connectivity index (χ2v) is 6.45. The lowest BCUT2D eigenvalue weighted by atomic mass is 10.1. The first-order valence-electron chi connectivity index (χ1n) is 7.87. The second kappa shape index (κ2) is 7.34. The normalized spacial score (nSPS) is 15.0. The van der Waals surface area contributed by atoms with Gasteiger partial charge < -0.3 is 14.6 Å². The number of halogens is 6. The van der Waals surface area contributed by atoms with Crippen molar-refractivity contribution in [1.82, 2.24) is 10.2 Å². The number of anilines is 2. The van der Waals surface area contributed by atoms with Crippen LogP contribution in [0.2, 0.25) is 5.02 Å². The van der Waals surface area contributed by atoms with Gasteiger partial charge >= 0.3 is 12.2 Å². The number of aromatic nitrogens is 2. The van der Waals surface area contributed by atoms with Crippen LogP contribution in [0.4, 0.5) is 33.7 Å². The number of hydrogen-bond acceptors (Lipinski definition) is 5. The number of alkyl halides is 3. The van der Waals surface area contributed by atoms with E-state index >= 15 is 0 Å². The molecule has 1 aliphatic rings. The van der Waals surface area contributed by atoms with E-state index in [2.05, 4.69) is 22.1 Å². The van der Waals surface area contributed by atoms with Crippen LogP contribution in [-0.2, 0) is 6.42 Å². The van der Waals surface area contributed by atoms with Gasteiger partial charge in [0.2, 0.25) is 5.89 Å². The van der Waals surface area contributed by atoms with E-state index in [0.29, 0.717) is 19.2 Å². The van der Waals surface area contributed by atoms with Gasteiger partial charge in [0.15, 0.2) is 0 Å². The Balaban J connectivity index is 1.51. The molecule has 27 heavy (non-hydrogen) atoms. The highest BCUT2D eigenvalue weighted by molar-refractivity contribution is 6.33. The maximum Gasteiger partial charge on any atom is 0.412 e. The molecule has 0 spiro atoms. The Bertz CT molecular complexity index is 848. The van der Waals surface area contributed by atoms with Crippen LogP contribution in [0.25, 0.3) is 0 Å². The van der Waals surface area contributed by atoms with Gasteiger partial charge in [0.25, 0.3) is 0 Å². The molecule has 1 fully saturated rings. The molecule has 1 aromatic carbocycles. The Morgan fingerprint density at radius 2 is 2.00 bits per heavy atom.